The maximum absolute atomic E-state index is 12.9. The minimum absolute atomic E-state index is 0. The van der Waals surface area contributed by atoms with Crippen molar-refractivity contribution in [3.63, 3.8) is 0 Å². The number of carbonyl (C=O) groups excluding carboxylic acids is 1. The van der Waals surface area contributed by atoms with Crippen LogP contribution in [0.15, 0.2) is 42.6 Å². The smallest absolute Gasteiger partial charge is 0.246 e. The SMILES string of the molecule is Cl.Cl.Cn1nccc1C1CCN(C(=O)C(C)(N)c2ccccc2)CC1. The van der Waals surface area contributed by atoms with Crippen molar-refractivity contribution in [3.8, 4) is 0 Å². The lowest BCUT2D eigenvalue weighted by Crippen LogP contribution is -2.52. The van der Waals surface area contributed by atoms with Crippen LogP contribution in [-0.4, -0.2) is 33.7 Å². The topological polar surface area (TPSA) is 64.2 Å². The molecule has 5 nitrogen and oxygen atoms in total. The first-order valence-electron chi connectivity index (χ1n) is 8.12. The van der Waals surface area contributed by atoms with Crippen LogP contribution in [0, 0.1) is 0 Å². The van der Waals surface area contributed by atoms with E-state index >= 15 is 0 Å². The molecule has 7 heteroatoms. The summed E-state index contributed by atoms with van der Waals surface area (Å²) in [7, 11) is 1.97. The Kier molecular flexibility index (Phi) is 7.47. The van der Waals surface area contributed by atoms with Crippen LogP contribution in [0.5, 0.6) is 0 Å². The molecule has 1 saturated heterocycles. The number of halogens is 2. The number of aryl methyl sites for hydroxylation is 1. The second-order valence-electron chi connectivity index (χ2n) is 6.51. The van der Waals surface area contributed by atoms with Crippen molar-refractivity contribution < 1.29 is 4.79 Å². The Morgan fingerprint density at radius 1 is 1.16 bits per heavy atom. The van der Waals surface area contributed by atoms with Gasteiger partial charge in [-0.3, -0.25) is 9.48 Å². The molecule has 25 heavy (non-hydrogen) atoms. The van der Waals surface area contributed by atoms with Crippen LogP contribution in [0.2, 0.25) is 0 Å². The van der Waals surface area contributed by atoms with Gasteiger partial charge in [-0.2, -0.15) is 5.10 Å². The van der Waals surface area contributed by atoms with E-state index in [1.54, 1.807) is 6.92 Å². The van der Waals surface area contributed by atoms with Crippen LogP contribution < -0.4 is 5.73 Å². The Bertz CT molecular complexity index is 679. The monoisotopic (exact) mass is 384 g/mol. The molecular weight excluding hydrogens is 359 g/mol. The van der Waals surface area contributed by atoms with Crippen molar-refractivity contribution in [2.24, 2.45) is 12.8 Å². The number of rotatable bonds is 3. The van der Waals surface area contributed by atoms with E-state index in [0.29, 0.717) is 5.92 Å². The normalized spacial score (nSPS) is 17.2. The zero-order valence-electron chi connectivity index (χ0n) is 14.6. The minimum Gasteiger partial charge on any atom is -0.341 e. The molecule has 1 atom stereocenters. The third-order valence-electron chi connectivity index (χ3n) is 4.88. The first-order chi connectivity index (χ1) is 11.0. The lowest BCUT2D eigenvalue weighted by atomic mass is 9.88. The first-order valence-corrected chi connectivity index (χ1v) is 8.12. The molecule has 1 aliphatic rings. The Hall–Kier alpha value is -1.56. The van der Waals surface area contributed by atoms with Gasteiger partial charge in [-0.1, -0.05) is 30.3 Å². The van der Waals surface area contributed by atoms with Crippen LogP contribution in [0.1, 0.15) is 36.9 Å². The Balaban J connectivity index is 0.00000156. The highest BCUT2D eigenvalue weighted by molar-refractivity contribution is 5.87. The largest absolute Gasteiger partial charge is 0.341 e. The van der Waals surface area contributed by atoms with Crippen molar-refractivity contribution in [1.82, 2.24) is 14.7 Å². The molecule has 0 saturated carbocycles. The Morgan fingerprint density at radius 3 is 2.28 bits per heavy atom. The molecule has 1 aromatic carbocycles. The summed E-state index contributed by atoms with van der Waals surface area (Å²) in [6, 6.07) is 11.7. The van der Waals surface area contributed by atoms with Gasteiger partial charge in [0.05, 0.1) is 0 Å². The van der Waals surface area contributed by atoms with Gasteiger partial charge in [0, 0.05) is 37.9 Å². The fourth-order valence-corrected chi connectivity index (χ4v) is 3.40. The molecule has 3 rings (SSSR count). The van der Waals surface area contributed by atoms with E-state index in [0.717, 1.165) is 31.5 Å². The number of likely N-dealkylation sites (tertiary alicyclic amines) is 1. The summed E-state index contributed by atoms with van der Waals surface area (Å²) in [6.07, 6.45) is 3.74. The molecule has 1 amide bonds. The lowest BCUT2D eigenvalue weighted by molar-refractivity contribution is -0.137. The van der Waals surface area contributed by atoms with E-state index < -0.39 is 5.54 Å². The predicted octanol–water partition coefficient (Wildman–Crippen LogP) is 2.84. The van der Waals surface area contributed by atoms with Gasteiger partial charge >= 0.3 is 0 Å². The van der Waals surface area contributed by atoms with Crippen LogP contribution in [0.4, 0.5) is 0 Å². The van der Waals surface area contributed by atoms with Crippen molar-refractivity contribution in [3.05, 3.63) is 53.9 Å². The molecule has 1 unspecified atom stereocenters. The zero-order valence-corrected chi connectivity index (χ0v) is 16.2. The molecule has 1 fully saturated rings. The van der Waals surface area contributed by atoms with E-state index in [1.165, 1.54) is 5.69 Å². The van der Waals surface area contributed by atoms with Gasteiger partial charge in [-0.15, -0.1) is 24.8 Å². The number of nitrogens with zero attached hydrogens (tertiary/aromatic N) is 3. The summed E-state index contributed by atoms with van der Waals surface area (Å²) >= 11 is 0. The lowest BCUT2D eigenvalue weighted by Gasteiger charge is -2.37. The molecule has 2 N–H and O–H groups in total. The fraction of sp³-hybridized carbons (Fsp3) is 0.444. The van der Waals surface area contributed by atoms with E-state index in [-0.39, 0.29) is 30.7 Å². The van der Waals surface area contributed by atoms with E-state index in [9.17, 15) is 4.79 Å². The molecule has 0 radical (unpaired) electrons. The summed E-state index contributed by atoms with van der Waals surface area (Å²) in [6.45, 7) is 3.29. The molecule has 0 aliphatic carbocycles. The van der Waals surface area contributed by atoms with Crippen LogP contribution in [-0.2, 0) is 17.4 Å². The van der Waals surface area contributed by atoms with E-state index in [1.807, 2.05) is 53.2 Å². The third kappa shape index (κ3) is 4.35. The minimum atomic E-state index is -0.972. The Morgan fingerprint density at radius 2 is 1.76 bits per heavy atom. The molecule has 1 aromatic heterocycles. The summed E-state index contributed by atoms with van der Waals surface area (Å²) < 4.78 is 1.93. The molecule has 2 heterocycles. The fourth-order valence-electron chi connectivity index (χ4n) is 3.40. The molecule has 0 bridgehead atoms. The van der Waals surface area contributed by atoms with Gasteiger partial charge in [0.15, 0.2) is 0 Å². The van der Waals surface area contributed by atoms with Crippen molar-refractivity contribution >= 4 is 30.7 Å². The first kappa shape index (κ1) is 21.5. The third-order valence-corrected chi connectivity index (χ3v) is 4.88. The van der Waals surface area contributed by atoms with Gasteiger partial charge in [0.1, 0.15) is 5.54 Å². The standard InChI is InChI=1S/C18H24N4O.2ClH/c1-18(19,15-6-4-3-5-7-15)17(23)22-12-9-14(10-13-22)16-8-11-20-21(16)2;;/h3-8,11,14H,9-10,12-13,19H2,1-2H3;2*1H. The quantitative estimate of drug-likeness (QED) is 0.884. The van der Waals surface area contributed by atoms with Gasteiger partial charge in [-0.05, 0) is 31.4 Å². The average Bonchev–Trinajstić information content (AvgIpc) is 3.01. The van der Waals surface area contributed by atoms with E-state index in [2.05, 4.69) is 11.2 Å². The number of benzene rings is 1. The number of hydrogen-bond acceptors (Lipinski definition) is 3. The van der Waals surface area contributed by atoms with E-state index in [4.69, 9.17) is 5.73 Å². The Labute approximate surface area is 161 Å². The molecule has 2 aromatic rings. The highest BCUT2D eigenvalue weighted by atomic mass is 35.5. The van der Waals surface area contributed by atoms with Gasteiger partial charge < -0.3 is 10.6 Å². The second-order valence-corrected chi connectivity index (χ2v) is 6.51. The number of carbonyl (C=O) groups is 1. The summed E-state index contributed by atoms with van der Waals surface area (Å²) in [4.78, 5) is 14.8. The second kappa shape index (κ2) is 8.70. The molecule has 138 valence electrons. The van der Waals surface area contributed by atoms with Crippen LogP contribution >= 0.6 is 24.8 Å². The number of hydrogen-bond donors (Lipinski definition) is 1. The number of aromatic nitrogens is 2. The molecule has 1 aliphatic heterocycles. The predicted molar refractivity (Wildman–Crippen MR) is 104 cm³/mol. The van der Waals surface area contributed by atoms with Crippen LogP contribution in [0.3, 0.4) is 0 Å². The maximum atomic E-state index is 12.9. The summed E-state index contributed by atoms with van der Waals surface area (Å²) in [5.41, 5.74) is 7.49. The van der Waals surface area contributed by atoms with Crippen LogP contribution in [0.25, 0.3) is 0 Å². The van der Waals surface area contributed by atoms with Crippen molar-refractivity contribution in [2.75, 3.05) is 13.1 Å². The van der Waals surface area contributed by atoms with Crippen molar-refractivity contribution in [2.45, 2.75) is 31.2 Å². The highest BCUT2D eigenvalue weighted by Crippen LogP contribution is 2.29. The number of amides is 1. The maximum Gasteiger partial charge on any atom is 0.246 e. The highest BCUT2D eigenvalue weighted by Gasteiger charge is 2.36. The van der Waals surface area contributed by atoms with Crippen molar-refractivity contribution in [1.29, 1.82) is 0 Å². The van der Waals surface area contributed by atoms with Gasteiger partial charge in [-0.25, -0.2) is 0 Å². The summed E-state index contributed by atoms with van der Waals surface area (Å²) in [5, 5.41) is 4.24. The molecular formula is C18H26Cl2N4O. The average molecular weight is 385 g/mol. The summed E-state index contributed by atoms with van der Waals surface area (Å²) in [5.74, 6) is 0.472. The number of piperidine rings is 1. The zero-order chi connectivity index (χ0) is 16.4. The molecule has 0 spiro atoms. The van der Waals surface area contributed by atoms with Gasteiger partial charge in [0.2, 0.25) is 5.91 Å². The van der Waals surface area contributed by atoms with Gasteiger partial charge in [0.25, 0.3) is 0 Å². The number of nitrogens with two attached hydrogens (primary N) is 1.